The van der Waals surface area contributed by atoms with E-state index in [4.69, 9.17) is 0 Å². The van der Waals surface area contributed by atoms with Gasteiger partial charge >= 0.3 is 0 Å². The summed E-state index contributed by atoms with van der Waals surface area (Å²) in [6.45, 7) is 2.12. The third kappa shape index (κ3) is 3.68. The highest BCUT2D eigenvalue weighted by atomic mass is 79.9. The van der Waals surface area contributed by atoms with Gasteiger partial charge in [0.05, 0.1) is 10.9 Å². The Morgan fingerprint density at radius 3 is 2.36 bits per heavy atom. The lowest BCUT2D eigenvalue weighted by Gasteiger charge is -2.13. The normalized spacial score (nSPS) is 16.4. The summed E-state index contributed by atoms with van der Waals surface area (Å²) >= 11 is 5.42. The van der Waals surface area contributed by atoms with E-state index in [9.17, 15) is 0 Å². The number of aryl methyl sites for hydroxylation is 1. The van der Waals surface area contributed by atoms with Gasteiger partial charge in [0.1, 0.15) is 0 Å². The van der Waals surface area contributed by atoms with Crippen molar-refractivity contribution in [2.24, 2.45) is 0 Å². The summed E-state index contributed by atoms with van der Waals surface area (Å²) in [6, 6.07) is 25.8. The molecule has 1 atom stereocenters. The highest BCUT2D eigenvalue weighted by Crippen LogP contribution is 2.44. The summed E-state index contributed by atoms with van der Waals surface area (Å²) in [4.78, 5) is 1.27. The summed E-state index contributed by atoms with van der Waals surface area (Å²) in [6.07, 6.45) is 2.33. The molecule has 0 bridgehead atoms. The molecule has 1 N–H and O–H groups in total. The van der Waals surface area contributed by atoms with E-state index in [2.05, 4.69) is 107 Å². The smallest absolute Gasteiger partial charge is 0.0548 e. The molecule has 124 valence electrons. The van der Waals surface area contributed by atoms with Gasteiger partial charge in [0.15, 0.2) is 0 Å². The van der Waals surface area contributed by atoms with Gasteiger partial charge in [-0.3, -0.25) is 0 Å². The topological polar surface area (TPSA) is 12.0 Å². The van der Waals surface area contributed by atoms with Gasteiger partial charge in [0.2, 0.25) is 0 Å². The van der Waals surface area contributed by atoms with Gasteiger partial charge in [-0.15, -0.1) is 11.8 Å². The Kier molecular flexibility index (Phi) is 4.69. The Hall–Kier alpha value is -1.97. The van der Waals surface area contributed by atoms with Crippen LogP contribution in [0.25, 0.3) is 5.70 Å². The average molecular weight is 408 g/mol. The number of nitrogens with one attached hydrogen (secondary N) is 1. The van der Waals surface area contributed by atoms with Crippen molar-refractivity contribution in [1.29, 1.82) is 0 Å². The van der Waals surface area contributed by atoms with Crippen LogP contribution in [0.3, 0.4) is 0 Å². The Morgan fingerprint density at radius 1 is 0.880 bits per heavy atom. The molecule has 0 saturated carbocycles. The Bertz CT molecular complexity index is 914. The summed E-state index contributed by atoms with van der Waals surface area (Å²) in [5.41, 5.74) is 6.11. The zero-order valence-corrected chi connectivity index (χ0v) is 16.3. The Morgan fingerprint density at radius 2 is 1.60 bits per heavy atom. The van der Waals surface area contributed by atoms with E-state index in [0.717, 1.165) is 10.2 Å². The monoisotopic (exact) mass is 407 g/mol. The molecule has 0 aliphatic carbocycles. The van der Waals surface area contributed by atoms with Gasteiger partial charge in [-0.2, -0.15) is 0 Å². The average Bonchev–Trinajstić information content (AvgIpc) is 2.82. The molecule has 0 aromatic heterocycles. The molecule has 1 nitrogen and oxygen atoms in total. The van der Waals surface area contributed by atoms with Crippen LogP contribution in [-0.4, -0.2) is 0 Å². The number of hydrogen-bond acceptors (Lipinski definition) is 2. The van der Waals surface area contributed by atoms with Crippen LogP contribution in [-0.2, 0) is 0 Å². The standard InChI is InChI=1S/C22H18BrNS/c1-15-6-8-16(9-7-15)20-14-22(17-10-12-18(23)13-11-17)25-21-5-3-2-4-19(21)24-20/h2-14,22,24H,1H3. The Balaban J connectivity index is 1.80. The molecular weight excluding hydrogens is 390 g/mol. The Labute approximate surface area is 161 Å². The molecule has 1 aliphatic rings. The van der Waals surface area contributed by atoms with Crippen molar-refractivity contribution < 1.29 is 0 Å². The maximum Gasteiger partial charge on any atom is 0.0548 e. The molecule has 3 aromatic carbocycles. The fraction of sp³-hybridized carbons (Fsp3) is 0.0909. The molecule has 3 heteroatoms. The quantitative estimate of drug-likeness (QED) is 0.487. The van der Waals surface area contributed by atoms with Gasteiger partial charge in [-0.1, -0.05) is 70.0 Å². The summed E-state index contributed by atoms with van der Waals surface area (Å²) in [5.74, 6) is 0. The highest BCUT2D eigenvalue weighted by molar-refractivity contribution is 9.10. The van der Waals surface area contributed by atoms with Crippen LogP contribution in [0.15, 0.2) is 88.2 Å². The first-order valence-electron chi connectivity index (χ1n) is 8.26. The lowest BCUT2D eigenvalue weighted by molar-refractivity contribution is 1.22. The number of rotatable bonds is 2. The number of para-hydroxylation sites is 1. The number of halogens is 1. The second-order valence-electron chi connectivity index (χ2n) is 6.16. The van der Waals surface area contributed by atoms with E-state index in [1.807, 2.05) is 11.8 Å². The second kappa shape index (κ2) is 7.11. The molecule has 3 aromatic rings. The lowest BCUT2D eigenvalue weighted by atomic mass is 10.1. The number of benzene rings is 3. The number of hydrogen-bond donors (Lipinski definition) is 1. The fourth-order valence-electron chi connectivity index (χ4n) is 2.90. The zero-order valence-electron chi connectivity index (χ0n) is 13.9. The third-order valence-corrected chi connectivity index (χ3v) is 6.09. The minimum absolute atomic E-state index is 0.264. The van der Waals surface area contributed by atoms with E-state index in [-0.39, 0.29) is 5.25 Å². The van der Waals surface area contributed by atoms with Gasteiger partial charge in [-0.05, 0) is 48.4 Å². The first kappa shape index (κ1) is 16.5. The minimum atomic E-state index is 0.264. The van der Waals surface area contributed by atoms with Crippen LogP contribution in [0, 0.1) is 6.92 Å². The van der Waals surface area contributed by atoms with Gasteiger partial charge < -0.3 is 5.32 Å². The fourth-order valence-corrected chi connectivity index (χ4v) is 4.34. The van der Waals surface area contributed by atoms with Gasteiger partial charge in [-0.25, -0.2) is 0 Å². The molecule has 0 radical (unpaired) electrons. The molecule has 0 saturated heterocycles. The maximum atomic E-state index is 3.64. The molecule has 1 aliphatic heterocycles. The van der Waals surface area contributed by atoms with E-state index < -0.39 is 0 Å². The highest BCUT2D eigenvalue weighted by Gasteiger charge is 2.19. The molecule has 0 spiro atoms. The SMILES string of the molecule is Cc1ccc(C2=CC(c3ccc(Br)cc3)Sc3ccccc3N2)cc1. The summed E-state index contributed by atoms with van der Waals surface area (Å²) in [5, 5.41) is 3.90. The van der Waals surface area contributed by atoms with Crippen molar-refractivity contribution in [2.75, 3.05) is 5.32 Å². The van der Waals surface area contributed by atoms with E-state index >= 15 is 0 Å². The summed E-state index contributed by atoms with van der Waals surface area (Å²) in [7, 11) is 0. The zero-order chi connectivity index (χ0) is 17.2. The van der Waals surface area contributed by atoms with Crippen molar-refractivity contribution in [3.8, 4) is 0 Å². The van der Waals surface area contributed by atoms with Crippen LogP contribution >= 0.6 is 27.7 Å². The largest absolute Gasteiger partial charge is 0.354 e. The predicted molar refractivity (Wildman–Crippen MR) is 112 cm³/mol. The van der Waals surface area contributed by atoms with E-state index in [1.54, 1.807) is 0 Å². The third-order valence-electron chi connectivity index (χ3n) is 4.29. The van der Waals surface area contributed by atoms with E-state index in [1.165, 1.54) is 27.3 Å². The number of fused-ring (bicyclic) bond motifs is 1. The molecule has 1 unspecified atom stereocenters. The van der Waals surface area contributed by atoms with Gasteiger partial charge in [0, 0.05) is 15.1 Å². The molecular formula is C22H18BrNS. The van der Waals surface area contributed by atoms with Crippen LogP contribution in [0.1, 0.15) is 21.9 Å². The van der Waals surface area contributed by atoms with Crippen LogP contribution < -0.4 is 5.32 Å². The van der Waals surface area contributed by atoms with Gasteiger partial charge in [0.25, 0.3) is 0 Å². The number of anilines is 1. The van der Waals surface area contributed by atoms with Crippen molar-refractivity contribution >= 4 is 39.1 Å². The van der Waals surface area contributed by atoms with E-state index in [0.29, 0.717) is 0 Å². The first-order chi connectivity index (χ1) is 12.2. The molecule has 25 heavy (non-hydrogen) atoms. The van der Waals surface area contributed by atoms with Crippen LogP contribution in [0.4, 0.5) is 5.69 Å². The molecule has 1 heterocycles. The lowest BCUT2D eigenvalue weighted by Crippen LogP contribution is -1.99. The second-order valence-corrected chi connectivity index (χ2v) is 8.26. The van der Waals surface area contributed by atoms with Crippen molar-refractivity contribution in [3.05, 3.63) is 100 Å². The van der Waals surface area contributed by atoms with Crippen molar-refractivity contribution in [1.82, 2.24) is 0 Å². The van der Waals surface area contributed by atoms with Crippen LogP contribution in [0.2, 0.25) is 0 Å². The molecule has 4 rings (SSSR count). The predicted octanol–water partition coefficient (Wildman–Crippen LogP) is 7.06. The molecule has 0 amide bonds. The minimum Gasteiger partial charge on any atom is -0.354 e. The maximum absolute atomic E-state index is 3.64. The summed E-state index contributed by atoms with van der Waals surface area (Å²) < 4.78 is 1.11. The first-order valence-corrected chi connectivity index (χ1v) is 9.93. The van der Waals surface area contributed by atoms with Crippen molar-refractivity contribution in [2.45, 2.75) is 17.1 Å². The molecule has 0 fully saturated rings. The number of thioether (sulfide) groups is 1. The van der Waals surface area contributed by atoms with Crippen molar-refractivity contribution in [3.63, 3.8) is 0 Å². The van der Waals surface area contributed by atoms with Crippen LogP contribution in [0.5, 0.6) is 0 Å².